The molecule has 1 heterocycles. The van der Waals surface area contributed by atoms with Crippen molar-refractivity contribution in [1.82, 2.24) is 10.6 Å². The summed E-state index contributed by atoms with van der Waals surface area (Å²) in [5.41, 5.74) is 2.19. The second-order valence-corrected chi connectivity index (χ2v) is 7.06. The first kappa shape index (κ1) is 17.8. The van der Waals surface area contributed by atoms with Gasteiger partial charge in [-0.05, 0) is 45.4 Å². The number of amides is 2. The summed E-state index contributed by atoms with van der Waals surface area (Å²) in [6.07, 6.45) is 0. The Kier molecular flexibility index (Phi) is 4.87. The van der Waals surface area contributed by atoms with Crippen molar-refractivity contribution in [1.29, 1.82) is 0 Å². The summed E-state index contributed by atoms with van der Waals surface area (Å²) in [6.45, 7) is 7.16. The van der Waals surface area contributed by atoms with Gasteiger partial charge in [-0.3, -0.25) is 0 Å². The Morgan fingerprint density at radius 1 is 1.17 bits per heavy atom. The van der Waals surface area contributed by atoms with E-state index >= 15 is 0 Å². The van der Waals surface area contributed by atoms with E-state index in [2.05, 4.69) is 10.6 Å². The van der Waals surface area contributed by atoms with Gasteiger partial charge in [0, 0.05) is 25.5 Å². The van der Waals surface area contributed by atoms with Crippen LogP contribution in [0.2, 0.25) is 0 Å². The number of hydrogen-bond donors (Lipinski definition) is 2. The second-order valence-electron chi connectivity index (χ2n) is 7.06. The first-order chi connectivity index (χ1) is 11.1. The normalized spacial score (nSPS) is 17.9. The summed E-state index contributed by atoms with van der Waals surface area (Å²) < 4.78 is 5.50. The monoisotopic (exact) mass is 331 g/mol. The van der Waals surface area contributed by atoms with Crippen molar-refractivity contribution >= 4 is 17.7 Å². The highest BCUT2D eigenvalue weighted by Crippen LogP contribution is 2.29. The lowest BCUT2D eigenvalue weighted by atomic mass is 9.95. The number of rotatable bonds is 3. The number of anilines is 1. The van der Waals surface area contributed by atoms with Gasteiger partial charge in [0.25, 0.3) is 0 Å². The Balaban J connectivity index is 2.39. The van der Waals surface area contributed by atoms with Crippen molar-refractivity contribution in [2.75, 3.05) is 19.0 Å². The fourth-order valence-corrected chi connectivity index (χ4v) is 2.51. The predicted molar refractivity (Wildman–Crippen MR) is 93.7 cm³/mol. The van der Waals surface area contributed by atoms with Gasteiger partial charge in [-0.25, -0.2) is 9.59 Å². The van der Waals surface area contributed by atoms with E-state index in [9.17, 15) is 9.59 Å². The van der Waals surface area contributed by atoms with Gasteiger partial charge in [0.2, 0.25) is 0 Å². The van der Waals surface area contributed by atoms with Crippen LogP contribution in [0.25, 0.3) is 0 Å². The largest absolute Gasteiger partial charge is 0.456 e. The number of ether oxygens (including phenoxy) is 1. The minimum absolute atomic E-state index is 0.332. The highest BCUT2D eigenvalue weighted by atomic mass is 16.6. The van der Waals surface area contributed by atoms with Crippen LogP contribution in [-0.4, -0.2) is 31.7 Å². The molecule has 2 rings (SSSR count). The second kappa shape index (κ2) is 6.55. The third-order valence-electron chi connectivity index (χ3n) is 3.63. The minimum atomic E-state index is -0.606. The summed E-state index contributed by atoms with van der Waals surface area (Å²) in [7, 11) is 3.91. The summed E-state index contributed by atoms with van der Waals surface area (Å²) in [5.74, 6) is -0.436. The number of hydrogen-bond acceptors (Lipinski definition) is 4. The van der Waals surface area contributed by atoms with Gasteiger partial charge >= 0.3 is 12.0 Å². The number of carbonyl (C=O) groups is 2. The molecule has 0 aliphatic carbocycles. The molecule has 0 unspecified atom stereocenters. The molecule has 6 nitrogen and oxygen atoms in total. The van der Waals surface area contributed by atoms with Crippen molar-refractivity contribution in [2.45, 2.75) is 39.3 Å². The Morgan fingerprint density at radius 2 is 1.75 bits per heavy atom. The lowest BCUT2D eigenvalue weighted by Gasteiger charge is -2.30. The molecular formula is C18H25N3O3. The smallest absolute Gasteiger partial charge is 0.338 e. The number of benzene rings is 1. The molecule has 6 heteroatoms. The lowest BCUT2D eigenvalue weighted by molar-refractivity contribution is -0.150. The molecular weight excluding hydrogens is 306 g/mol. The van der Waals surface area contributed by atoms with Crippen molar-refractivity contribution in [3.05, 3.63) is 41.1 Å². The van der Waals surface area contributed by atoms with E-state index in [1.807, 2.05) is 64.0 Å². The molecule has 1 atom stereocenters. The van der Waals surface area contributed by atoms with Crippen LogP contribution >= 0.6 is 0 Å². The molecule has 0 saturated carbocycles. The topological polar surface area (TPSA) is 70.7 Å². The zero-order valence-corrected chi connectivity index (χ0v) is 15.1. The van der Waals surface area contributed by atoms with E-state index in [4.69, 9.17) is 4.74 Å². The van der Waals surface area contributed by atoms with Crippen LogP contribution in [0.4, 0.5) is 10.5 Å². The van der Waals surface area contributed by atoms with Crippen molar-refractivity contribution in [3.8, 4) is 0 Å². The SMILES string of the molecule is CC1=C(C(=O)OC(C)(C)C)[C@@H](c2ccc(N(C)C)cc2)NC(=O)N1. The highest BCUT2D eigenvalue weighted by Gasteiger charge is 2.33. The summed E-state index contributed by atoms with van der Waals surface area (Å²) in [4.78, 5) is 26.5. The quantitative estimate of drug-likeness (QED) is 0.836. The molecule has 0 fully saturated rings. The molecule has 2 N–H and O–H groups in total. The minimum Gasteiger partial charge on any atom is -0.456 e. The van der Waals surface area contributed by atoms with Crippen LogP contribution in [0.5, 0.6) is 0 Å². The molecule has 0 aromatic heterocycles. The van der Waals surface area contributed by atoms with Gasteiger partial charge < -0.3 is 20.3 Å². The molecule has 0 spiro atoms. The number of carbonyl (C=O) groups excluding carboxylic acids is 2. The molecule has 2 amide bonds. The molecule has 24 heavy (non-hydrogen) atoms. The van der Waals surface area contributed by atoms with Gasteiger partial charge in [-0.15, -0.1) is 0 Å². The first-order valence-electron chi connectivity index (χ1n) is 7.87. The first-order valence-corrected chi connectivity index (χ1v) is 7.87. The van der Waals surface area contributed by atoms with Gasteiger partial charge in [0.1, 0.15) is 5.60 Å². The fourth-order valence-electron chi connectivity index (χ4n) is 2.51. The van der Waals surface area contributed by atoms with Crippen LogP contribution in [-0.2, 0) is 9.53 Å². The third kappa shape index (κ3) is 4.07. The van der Waals surface area contributed by atoms with E-state index in [1.54, 1.807) is 6.92 Å². The number of urea groups is 1. The maximum Gasteiger partial charge on any atom is 0.338 e. The third-order valence-corrected chi connectivity index (χ3v) is 3.63. The average Bonchev–Trinajstić information content (AvgIpc) is 2.44. The van der Waals surface area contributed by atoms with E-state index in [-0.39, 0.29) is 6.03 Å². The van der Waals surface area contributed by atoms with Crippen LogP contribution in [0.3, 0.4) is 0 Å². The molecule has 1 aliphatic rings. The van der Waals surface area contributed by atoms with Crippen LogP contribution in [0.15, 0.2) is 35.5 Å². The van der Waals surface area contributed by atoms with Crippen molar-refractivity contribution in [2.24, 2.45) is 0 Å². The number of allylic oxidation sites excluding steroid dienone is 1. The summed E-state index contributed by atoms with van der Waals surface area (Å²) in [5, 5.41) is 5.45. The van der Waals surface area contributed by atoms with Gasteiger partial charge in [-0.2, -0.15) is 0 Å². The molecule has 1 aromatic rings. The summed E-state index contributed by atoms with van der Waals surface area (Å²) >= 11 is 0. The molecule has 130 valence electrons. The molecule has 0 saturated heterocycles. The Bertz CT molecular complexity index is 670. The fraction of sp³-hybridized carbons (Fsp3) is 0.444. The maximum atomic E-state index is 12.6. The van der Waals surface area contributed by atoms with Crippen molar-refractivity contribution in [3.63, 3.8) is 0 Å². The van der Waals surface area contributed by atoms with E-state index in [0.29, 0.717) is 11.3 Å². The van der Waals surface area contributed by atoms with E-state index < -0.39 is 17.6 Å². The van der Waals surface area contributed by atoms with Gasteiger partial charge in [-0.1, -0.05) is 12.1 Å². The maximum absolute atomic E-state index is 12.6. The standard InChI is InChI=1S/C18H25N3O3/c1-11-14(16(22)24-18(2,3)4)15(20-17(23)19-11)12-7-9-13(10-8-12)21(5)6/h7-10,15H,1-6H3,(H2,19,20,23)/t15-/m1/s1. The molecule has 1 aromatic carbocycles. The molecule has 0 radical (unpaired) electrons. The van der Waals surface area contributed by atoms with Crippen LogP contribution in [0, 0.1) is 0 Å². The van der Waals surface area contributed by atoms with Crippen LogP contribution < -0.4 is 15.5 Å². The average molecular weight is 331 g/mol. The van der Waals surface area contributed by atoms with Crippen LogP contribution in [0.1, 0.15) is 39.3 Å². The zero-order chi connectivity index (χ0) is 18.1. The van der Waals surface area contributed by atoms with Gasteiger partial charge in [0.05, 0.1) is 11.6 Å². The number of nitrogens with one attached hydrogen (secondary N) is 2. The Labute approximate surface area is 142 Å². The van der Waals surface area contributed by atoms with E-state index in [0.717, 1.165) is 11.3 Å². The zero-order valence-electron chi connectivity index (χ0n) is 15.1. The van der Waals surface area contributed by atoms with Gasteiger partial charge in [0.15, 0.2) is 0 Å². The lowest BCUT2D eigenvalue weighted by Crippen LogP contribution is -2.46. The number of nitrogens with zero attached hydrogens (tertiary/aromatic N) is 1. The van der Waals surface area contributed by atoms with E-state index in [1.165, 1.54) is 0 Å². The molecule has 1 aliphatic heterocycles. The number of esters is 1. The van der Waals surface area contributed by atoms with Crippen molar-refractivity contribution < 1.29 is 14.3 Å². The highest BCUT2D eigenvalue weighted by molar-refractivity contribution is 5.95. The summed E-state index contributed by atoms with van der Waals surface area (Å²) in [6, 6.07) is 6.84. The Morgan fingerprint density at radius 3 is 2.25 bits per heavy atom. The Hall–Kier alpha value is -2.50. The molecule has 0 bridgehead atoms. The predicted octanol–water partition coefficient (Wildman–Crippen LogP) is 2.72.